The molecule has 4 aliphatic rings. The van der Waals surface area contributed by atoms with E-state index in [9.17, 15) is 47.9 Å². The van der Waals surface area contributed by atoms with Gasteiger partial charge in [0.1, 0.15) is 23.3 Å². The van der Waals surface area contributed by atoms with Crippen molar-refractivity contribution < 1.29 is 66.9 Å². The number of aryl methyl sites for hydroxylation is 2. The number of likely N-dealkylation sites (tertiary alicyclic amines) is 1. The van der Waals surface area contributed by atoms with Gasteiger partial charge in [-0.3, -0.25) is 38.6 Å². The number of alkyl carbamates (subject to hydrolysis) is 2. The molecule has 0 spiro atoms. The molecule has 1 saturated heterocycles. The second kappa shape index (κ2) is 50.4. The second-order valence-corrected chi connectivity index (χ2v) is 58.3. The van der Waals surface area contributed by atoms with Gasteiger partial charge in [-0.1, -0.05) is 87.6 Å². The van der Waals surface area contributed by atoms with E-state index in [1.54, 1.807) is 189 Å². The maximum Gasteiger partial charge on any atom is 0.408 e. The fraction of sp³-hybridized carbons (Fsp3) is 0.405. The third-order valence-corrected chi connectivity index (χ3v) is 53.3. The van der Waals surface area contributed by atoms with E-state index in [0.717, 1.165) is 113 Å². The Labute approximate surface area is 740 Å². The summed E-state index contributed by atoms with van der Waals surface area (Å²) in [5.41, 5.74) is 9.91. The number of carbonyl (C=O) groups excluding carboxylic acids is 10. The van der Waals surface area contributed by atoms with Crippen LogP contribution < -0.4 is 20.4 Å². The Balaban J connectivity index is 0.000000299. The van der Waals surface area contributed by atoms with Gasteiger partial charge in [-0.05, 0) is 147 Å². The van der Waals surface area contributed by atoms with Gasteiger partial charge in [0.2, 0.25) is 11.8 Å². The van der Waals surface area contributed by atoms with Crippen LogP contribution in [-0.2, 0) is 247 Å². The van der Waals surface area contributed by atoms with Gasteiger partial charge >= 0.3 is 24.1 Å². The summed E-state index contributed by atoms with van der Waals surface area (Å²) in [5, 5.41) is 8.48. The van der Waals surface area contributed by atoms with Crippen LogP contribution in [0.5, 0.6) is 0 Å². The van der Waals surface area contributed by atoms with Crippen molar-refractivity contribution in [3.63, 3.8) is 0 Å². The minimum Gasteiger partial charge on any atom is -0.464 e. The number of fused-ring (bicyclic) bond motifs is 4. The SMILES string of the molecule is C.C.CCOC(=O)[C@H](CS)NC(=O)OC(C)(C)C.CCOC(=O)[C@H](CSC1CC(=O)N(Cc2ccc(-c3c4c(cc5ccc(N(C)C)cc35)CCC4=O)cc2)C1=O)NC(=O)OC(C)(C)C.CN(C)c1ccc2cc3c(c(-c4ccc(CN5C(=O)C=CC5=O)cc4)c2c1)C(=O)CC3.S=S=S=S=S=S=S=S=S=S=S=S=S=S=S=S=S=S=S. The number of benzene rings is 6. The predicted octanol–water partition coefficient (Wildman–Crippen LogP) is 12.2. The number of hydrogen-bond donors (Lipinski definition) is 3. The first-order valence-corrected chi connectivity index (χ1v) is 59.9. The van der Waals surface area contributed by atoms with Crippen LogP contribution in [0, 0.1) is 0 Å². The average molecular weight is 1960 g/mol. The zero-order valence-electron chi connectivity index (χ0n) is 63.0. The van der Waals surface area contributed by atoms with Crippen LogP contribution in [0.1, 0.15) is 132 Å². The van der Waals surface area contributed by atoms with E-state index < -0.39 is 52.7 Å². The minimum atomic E-state index is -1.05. The van der Waals surface area contributed by atoms with Crippen molar-refractivity contribution in [2.45, 2.75) is 144 Å². The lowest BCUT2D eigenvalue weighted by Gasteiger charge is -2.23. The average Bonchev–Trinajstić information content (AvgIpc) is 1.71. The van der Waals surface area contributed by atoms with E-state index in [1.165, 1.54) is 39.7 Å². The van der Waals surface area contributed by atoms with Crippen LogP contribution in [0.3, 0.4) is 0 Å². The van der Waals surface area contributed by atoms with Crippen molar-refractivity contribution in [1.29, 1.82) is 0 Å². The van der Waals surface area contributed by atoms with Gasteiger partial charge in [0.25, 0.3) is 11.8 Å². The highest BCUT2D eigenvalue weighted by Crippen LogP contribution is 2.42. The van der Waals surface area contributed by atoms with Gasteiger partial charge in [0.05, 0.1) is 31.6 Å². The molecule has 6 amide bonds. The molecule has 0 bridgehead atoms. The number of anilines is 2. The molecule has 2 N–H and O–H groups in total. The molecule has 0 saturated carbocycles. The van der Waals surface area contributed by atoms with E-state index in [1.807, 2.05) is 81.6 Å². The van der Waals surface area contributed by atoms with Crippen molar-refractivity contribution in [3.8, 4) is 22.3 Å². The summed E-state index contributed by atoms with van der Waals surface area (Å²) in [7, 11) is 37.0. The maximum atomic E-state index is 13.3. The number of nitrogens with one attached hydrogen (secondary N) is 2. The van der Waals surface area contributed by atoms with E-state index in [4.69, 9.17) is 41.3 Å². The Morgan fingerprint density at radius 2 is 0.870 bits per heavy atom. The molecule has 1 fully saturated rings. The van der Waals surface area contributed by atoms with Crippen molar-refractivity contribution in [2.75, 3.05) is 62.7 Å². The summed E-state index contributed by atoms with van der Waals surface area (Å²) < 4.78 is 20.2. The third-order valence-electron chi connectivity index (χ3n) is 16.1. The number of amides is 6. The first kappa shape index (κ1) is 101. The highest BCUT2D eigenvalue weighted by atomic mass is 33.5. The number of Topliss-reactive ketones (excluding diaryl/α,β-unsaturated/α-hetero) is 2. The summed E-state index contributed by atoms with van der Waals surface area (Å²) in [6.07, 6.45) is 3.69. The molecule has 41 heteroatoms. The highest BCUT2D eigenvalue weighted by Gasteiger charge is 2.40. The van der Waals surface area contributed by atoms with Gasteiger partial charge in [-0.2, -0.15) is 12.6 Å². The quantitative estimate of drug-likeness (QED) is 0.0313. The molecule has 2 aliphatic carbocycles. The standard InChI is InChI=1S/C36H41N3O7S.C26H22N2O3.C10H19NO4S.2CH4.S19/c1-7-45-34(43)27(37-35(44)46-36(2,3)4)20-47-29-18-30(41)39(33(29)42)19-21-8-10-22(11-9-21)31-26-17-25(38(5)6)14-12-23(26)16-24-13-15-28(40)32(24)31;1-27(2)20-9-7-18-13-19-8-10-22(29)26(19)25(21(18)14-20)17-5-3-16(4-6-17)15-28-23(30)11-12-24(28)31;1-5-14-8(12)7(6-16)11-9(13)15-10(2,3)4;;;1-3-5-7-9-11-13-15-17-19-18-16-14-12-10-8-6-4-2/h8-12,14,16-17,27,29H,7,13,15,18-20H2,1-6H3,(H,37,44);3-7,9,11-14H,8,10,15H2,1-2H3;7,16H,5-6H2,1-4H3,(H,11,13);2*1H4;/t27-,29?;;7-;;;/m0.0.../s1. The smallest absolute Gasteiger partial charge is 0.408 e. The first-order valence-electron chi connectivity index (χ1n) is 34.2. The van der Waals surface area contributed by atoms with Gasteiger partial charge in [-0.15, -0.1) is 11.8 Å². The Kier molecular flexibility index (Phi) is 44.2. The van der Waals surface area contributed by atoms with E-state index >= 15 is 0 Å². The fourth-order valence-electron chi connectivity index (χ4n) is 11.4. The number of carbonyl (C=O) groups is 10. The maximum absolute atomic E-state index is 13.3. The van der Waals surface area contributed by atoms with E-state index in [-0.39, 0.29) is 94.3 Å². The lowest BCUT2D eigenvalue weighted by Crippen LogP contribution is -2.46. The topological polar surface area (TPSA) is 245 Å². The summed E-state index contributed by atoms with van der Waals surface area (Å²) >= 11 is 14.6. The Morgan fingerprint density at radius 3 is 1.23 bits per heavy atom. The van der Waals surface area contributed by atoms with Crippen LogP contribution in [0.15, 0.2) is 109 Å². The monoisotopic (exact) mass is 1960 g/mol. The minimum absolute atomic E-state index is 0. The van der Waals surface area contributed by atoms with E-state index in [0.29, 0.717) is 12.8 Å². The molecule has 20 nitrogen and oxygen atoms in total. The number of thioether (sulfide) groups is 1. The molecule has 2 aliphatic heterocycles. The first-order chi connectivity index (χ1) is 53.9. The molecule has 115 heavy (non-hydrogen) atoms. The largest absolute Gasteiger partial charge is 0.464 e. The summed E-state index contributed by atoms with van der Waals surface area (Å²) in [4.78, 5) is 130. The van der Waals surface area contributed by atoms with Gasteiger partial charge in [0.15, 0.2) is 11.6 Å². The number of ketones is 2. The van der Waals surface area contributed by atoms with E-state index in [2.05, 4.69) is 76.7 Å². The third kappa shape index (κ3) is 31.6. The zero-order valence-corrected chi connectivity index (χ0v) is 80.2. The molecule has 626 valence electrons. The normalized spacial score (nSPS) is 14.0. The lowest BCUT2D eigenvalue weighted by atomic mass is 9.90. The zero-order chi connectivity index (χ0) is 82.5. The Bertz CT molecular complexity index is 5450. The number of imide groups is 2. The van der Waals surface area contributed by atoms with Crippen LogP contribution in [0.4, 0.5) is 21.0 Å². The Hall–Kier alpha value is -4.84. The summed E-state index contributed by atoms with van der Waals surface area (Å²) in [5.74, 6) is -1.86. The van der Waals surface area contributed by atoms with Crippen LogP contribution in [-0.4, -0.2) is 151 Å². The van der Waals surface area contributed by atoms with Gasteiger partial charge in [0, 0.05) is 278 Å². The molecule has 10 rings (SSSR count). The van der Waals surface area contributed by atoms with Crippen LogP contribution in [0.2, 0.25) is 0 Å². The summed E-state index contributed by atoms with van der Waals surface area (Å²) in [6, 6.07) is 30.5. The van der Waals surface area contributed by atoms with Gasteiger partial charge < -0.3 is 39.4 Å². The molecule has 0 radical (unpaired) electrons. The molecule has 1 unspecified atom stereocenters. The highest BCUT2D eigenvalue weighted by molar-refractivity contribution is 8.78. The molecule has 6 aromatic carbocycles. The van der Waals surface area contributed by atoms with Crippen molar-refractivity contribution in [2.24, 2.45) is 0 Å². The van der Waals surface area contributed by atoms with Crippen molar-refractivity contribution in [1.82, 2.24) is 20.4 Å². The number of esters is 2. The second-order valence-electron chi connectivity index (χ2n) is 26.6. The van der Waals surface area contributed by atoms with Gasteiger partial charge in [-0.25, -0.2) is 19.2 Å². The van der Waals surface area contributed by atoms with Crippen LogP contribution >= 0.6 is 24.4 Å². The molecular formula is C74H90N6O14S21. The molecule has 2 heterocycles. The molecule has 0 aromatic heterocycles. The number of thiol groups is 1. The number of ether oxygens (including phenoxy) is 4. The van der Waals surface area contributed by atoms with Crippen LogP contribution in [0.25, 0.3) is 43.8 Å². The fourth-order valence-corrected chi connectivity index (χ4v) is 54.0. The van der Waals surface area contributed by atoms with Crippen molar-refractivity contribution in [3.05, 3.63) is 143 Å². The number of nitrogens with zero attached hydrogens (tertiary/aromatic N) is 4. The molecule has 3 atom stereocenters. The molecule has 6 aromatic rings. The van der Waals surface area contributed by atoms with Crippen molar-refractivity contribution >= 4 is 290 Å². The number of rotatable bonds is 18. The molecular weight excluding hydrogens is 1870 g/mol. The lowest BCUT2D eigenvalue weighted by molar-refractivity contribution is -0.145. The number of hydrogen-bond acceptors (Lipinski definition) is 20. The predicted molar refractivity (Wildman–Crippen MR) is 521 cm³/mol. The Morgan fingerprint density at radius 1 is 0.504 bits per heavy atom. The summed E-state index contributed by atoms with van der Waals surface area (Å²) in [6.45, 7) is 14.4.